The van der Waals surface area contributed by atoms with Crippen LogP contribution in [-0.4, -0.2) is 50.0 Å². The molecule has 108 valence electrons. The molecule has 0 aromatic heterocycles. The van der Waals surface area contributed by atoms with Crippen LogP contribution in [0.4, 0.5) is 0 Å². The van der Waals surface area contributed by atoms with E-state index in [9.17, 15) is 4.79 Å². The van der Waals surface area contributed by atoms with E-state index in [2.05, 4.69) is 0 Å². The molecule has 1 aromatic carbocycles. The predicted molar refractivity (Wildman–Crippen MR) is 70.1 cm³/mol. The predicted octanol–water partition coefficient (Wildman–Crippen LogP) is 1.04. The number of benzene rings is 1. The van der Waals surface area contributed by atoms with Crippen molar-refractivity contribution in [3.8, 4) is 17.2 Å². The van der Waals surface area contributed by atoms with Gasteiger partial charge in [0.05, 0.1) is 13.2 Å². The number of amides is 1. The van der Waals surface area contributed by atoms with E-state index in [4.69, 9.17) is 18.9 Å². The van der Waals surface area contributed by atoms with Crippen LogP contribution in [0.2, 0.25) is 0 Å². The highest BCUT2D eigenvalue weighted by Gasteiger charge is 2.24. The largest absolute Gasteiger partial charge is 0.481 e. The molecule has 1 aromatic rings. The molecule has 2 aliphatic rings. The number of carbonyl (C=O) groups excluding carboxylic acids is 1. The summed E-state index contributed by atoms with van der Waals surface area (Å²) in [5.74, 6) is 1.92. The van der Waals surface area contributed by atoms with Gasteiger partial charge in [-0.15, -0.1) is 0 Å². The SMILES string of the molecule is C[C@@H](Oc1ccc2c(c1)OCO2)C(=O)N1CCOCC1. The molecular weight excluding hydrogens is 262 g/mol. The van der Waals surface area contributed by atoms with Crippen LogP contribution in [0.25, 0.3) is 0 Å². The van der Waals surface area contributed by atoms with Crippen LogP contribution in [0.15, 0.2) is 18.2 Å². The van der Waals surface area contributed by atoms with Crippen molar-refractivity contribution in [1.29, 1.82) is 0 Å². The van der Waals surface area contributed by atoms with E-state index in [1.54, 1.807) is 30.0 Å². The zero-order valence-corrected chi connectivity index (χ0v) is 11.3. The van der Waals surface area contributed by atoms with Gasteiger partial charge >= 0.3 is 0 Å². The van der Waals surface area contributed by atoms with Crippen molar-refractivity contribution in [3.63, 3.8) is 0 Å². The number of morpholine rings is 1. The normalized spacial score (nSPS) is 18.8. The van der Waals surface area contributed by atoms with Crippen molar-refractivity contribution in [2.24, 2.45) is 0 Å². The van der Waals surface area contributed by atoms with Gasteiger partial charge in [-0.1, -0.05) is 0 Å². The van der Waals surface area contributed by atoms with Crippen molar-refractivity contribution in [2.45, 2.75) is 13.0 Å². The Kier molecular flexibility index (Phi) is 3.64. The third-order valence-corrected chi connectivity index (χ3v) is 3.33. The van der Waals surface area contributed by atoms with Gasteiger partial charge in [0.25, 0.3) is 5.91 Å². The van der Waals surface area contributed by atoms with E-state index in [0.717, 1.165) is 0 Å². The number of ether oxygens (including phenoxy) is 4. The second kappa shape index (κ2) is 5.58. The smallest absolute Gasteiger partial charge is 0.263 e. The highest BCUT2D eigenvalue weighted by Crippen LogP contribution is 2.35. The molecule has 1 atom stereocenters. The van der Waals surface area contributed by atoms with E-state index >= 15 is 0 Å². The summed E-state index contributed by atoms with van der Waals surface area (Å²) in [5.41, 5.74) is 0. The van der Waals surface area contributed by atoms with Gasteiger partial charge in [-0.2, -0.15) is 0 Å². The Hall–Kier alpha value is -1.95. The van der Waals surface area contributed by atoms with Gasteiger partial charge in [0, 0.05) is 19.2 Å². The molecule has 1 fully saturated rings. The minimum absolute atomic E-state index is 0.0223. The zero-order valence-electron chi connectivity index (χ0n) is 11.3. The van der Waals surface area contributed by atoms with E-state index < -0.39 is 6.10 Å². The lowest BCUT2D eigenvalue weighted by Gasteiger charge is -2.29. The van der Waals surface area contributed by atoms with Crippen molar-refractivity contribution < 1.29 is 23.7 Å². The van der Waals surface area contributed by atoms with Crippen LogP contribution < -0.4 is 14.2 Å². The molecule has 0 unspecified atom stereocenters. The van der Waals surface area contributed by atoms with Crippen molar-refractivity contribution in [2.75, 3.05) is 33.1 Å². The topological polar surface area (TPSA) is 57.2 Å². The Morgan fingerprint density at radius 3 is 2.80 bits per heavy atom. The first kappa shape index (κ1) is 13.1. The molecule has 2 heterocycles. The number of fused-ring (bicyclic) bond motifs is 1. The number of hydrogen-bond acceptors (Lipinski definition) is 5. The molecule has 1 amide bonds. The maximum Gasteiger partial charge on any atom is 0.263 e. The standard InChI is InChI=1S/C14H17NO5/c1-10(14(16)15-4-6-17-7-5-15)20-11-2-3-12-13(8-11)19-9-18-12/h2-3,8,10H,4-7,9H2,1H3/t10-/m1/s1. The summed E-state index contributed by atoms with van der Waals surface area (Å²) in [6.45, 7) is 4.38. The summed E-state index contributed by atoms with van der Waals surface area (Å²) in [4.78, 5) is 14.0. The third kappa shape index (κ3) is 2.65. The number of carbonyl (C=O) groups is 1. The van der Waals surface area contributed by atoms with Crippen molar-refractivity contribution >= 4 is 5.91 Å². The summed E-state index contributed by atoms with van der Waals surface area (Å²) in [5, 5.41) is 0. The average Bonchev–Trinajstić information content (AvgIpc) is 2.95. The number of nitrogens with zero attached hydrogens (tertiary/aromatic N) is 1. The van der Waals surface area contributed by atoms with Crippen LogP contribution in [0, 0.1) is 0 Å². The molecule has 6 heteroatoms. The molecule has 2 aliphatic heterocycles. The van der Waals surface area contributed by atoms with Gasteiger partial charge < -0.3 is 23.8 Å². The Morgan fingerprint density at radius 1 is 1.25 bits per heavy atom. The Bertz CT molecular complexity index is 498. The minimum Gasteiger partial charge on any atom is -0.481 e. The molecule has 3 rings (SSSR count). The summed E-state index contributed by atoms with van der Waals surface area (Å²) in [7, 11) is 0. The molecule has 6 nitrogen and oxygen atoms in total. The van der Waals surface area contributed by atoms with Crippen molar-refractivity contribution in [3.05, 3.63) is 18.2 Å². The van der Waals surface area contributed by atoms with E-state index in [-0.39, 0.29) is 12.7 Å². The van der Waals surface area contributed by atoms with Gasteiger partial charge in [-0.05, 0) is 19.1 Å². The molecular formula is C14H17NO5. The maximum atomic E-state index is 12.2. The van der Waals surface area contributed by atoms with Gasteiger partial charge in [0.1, 0.15) is 5.75 Å². The Morgan fingerprint density at radius 2 is 2.00 bits per heavy atom. The van der Waals surface area contributed by atoms with Crippen LogP contribution in [0.3, 0.4) is 0 Å². The second-order valence-corrected chi connectivity index (χ2v) is 4.71. The van der Waals surface area contributed by atoms with E-state index in [0.29, 0.717) is 43.6 Å². The first-order valence-corrected chi connectivity index (χ1v) is 6.67. The molecule has 1 saturated heterocycles. The lowest BCUT2D eigenvalue weighted by Crippen LogP contribution is -2.46. The molecule has 0 spiro atoms. The first-order chi connectivity index (χ1) is 9.74. The summed E-state index contributed by atoms with van der Waals surface area (Å²) in [6.07, 6.45) is -0.534. The summed E-state index contributed by atoms with van der Waals surface area (Å²) in [6, 6.07) is 5.30. The third-order valence-electron chi connectivity index (χ3n) is 3.33. The number of rotatable bonds is 3. The van der Waals surface area contributed by atoms with Crippen LogP contribution >= 0.6 is 0 Å². The van der Waals surface area contributed by atoms with E-state index in [1.165, 1.54) is 0 Å². The average molecular weight is 279 g/mol. The quantitative estimate of drug-likeness (QED) is 0.827. The van der Waals surface area contributed by atoms with Crippen LogP contribution in [-0.2, 0) is 9.53 Å². The zero-order chi connectivity index (χ0) is 13.9. The molecule has 0 saturated carbocycles. The van der Waals surface area contributed by atoms with E-state index in [1.807, 2.05) is 0 Å². The summed E-state index contributed by atoms with van der Waals surface area (Å²) >= 11 is 0. The molecule has 20 heavy (non-hydrogen) atoms. The Labute approximate surface area is 117 Å². The monoisotopic (exact) mass is 279 g/mol. The Balaban J connectivity index is 1.63. The number of hydrogen-bond donors (Lipinski definition) is 0. The van der Waals surface area contributed by atoms with Gasteiger partial charge in [-0.25, -0.2) is 0 Å². The first-order valence-electron chi connectivity index (χ1n) is 6.67. The van der Waals surface area contributed by atoms with Crippen LogP contribution in [0.1, 0.15) is 6.92 Å². The molecule has 0 N–H and O–H groups in total. The minimum atomic E-state index is -0.534. The lowest BCUT2D eigenvalue weighted by molar-refractivity contribution is -0.142. The maximum absolute atomic E-state index is 12.2. The fourth-order valence-corrected chi connectivity index (χ4v) is 2.25. The fourth-order valence-electron chi connectivity index (χ4n) is 2.25. The fraction of sp³-hybridized carbons (Fsp3) is 0.500. The highest BCUT2D eigenvalue weighted by molar-refractivity contribution is 5.81. The highest BCUT2D eigenvalue weighted by atomic mass is 16.7. The molecule has 0 aliphatic carbocycles. The van der Waals surface area contributed by atoms with Crippen LogP contribution in [0.5, 0.6) is 17.2 Å². The van der Waals surface area contributed by atoms with Gasteiger partial charge in [-0.3, -0.25) is 4.79 Å². The van der Waals surface area contributed by atoms with Gasteiger partial charge in [0.2, 0.25) is 6.79 Å². The van der Waals surface area contributed by atoms with Crippen molar-refractivity contribution in [1.82, 2.24) is 4.90 Å². The van der Waals surface area contributed by atoms with Gasteiger partial charge in [0.15, 0.2) is 17.6 Å². The summed E-state index contributed by atoms with van der Waals surface area (Å²) < 4.78 is 21.4. The molecule has 0 bridgehead atoms. The second-order valence-electron chi connectivity index (χ2n) is 4.71. The lowest BCUT2D eigenvalue weighted by atomic mass is 10.2. The molecule has 0 radical (unpaired) electrons.